The van der Waals surface area contributed by atoms with Gasteiger partial charge in [0.15, 0.2) is 11.5 Å². The Labute approximate surface area is 188 Å². The van der Waals surface area contributed by atoms with Crippen molar-refractivity contribution in [3.63, 3.8) is 0 Å². The first-order valence-corrected chi connectivity index (χ1v) is 11.7. The van der Waals surface area contributed by atoms with E-state index in [1.807, 2.05) is 55.5 Å². The highest BCUT2D eigenvalue weighted by Gasteiger charge is 2.26. The van der Waals surface area contributed by atoms with Gasteiger partial charge in [0, 0.05) is 11.8 Å². The van der Waals surface area contributed by atoms with E-state index in [0.29, 0.717) is 17.2 Å². The zero-order valence-electron chi connectivity index (χ0n) is 18.5. The van der Waals surface area contributed by atoms with Crippen LogP contribution in [0.1, 0.15) is 21.5 Å². The monoisotopic (exact) mass is 454 g/mol. The lowest BCUT2D eigenvalue weighted by Gasteiger charge is -2.26. The van der Waals surface area contributed by atoms with Crippen molar-refractivity contribution in [3.8, 4) is 11.5 Å². The van der Waals surface area contributed by atoms with E-state index in [9.17, 15) is 13.2 Å². The van der Waals surface area contributed by atoms with Crippen LogP contribution in [0.25, 0.3) is 0 Å². The molecule has 0 radical (unpaired) electrons. The predicted molar refractivity (Wildman–Crippen MR) is 126 cm³/mol. The summed E-state index contributed by atoms with van der Waals surface area (Å²) in [5.41, 5.74) is 2.63. The van der Waals surface area contributed by atoms with E-state index < -0.39 is 15.9 Å². The molecule has 3 rings (SSSR count). The summed E-state index contributed by atoms with van der Waals surface area (Å²) in [5, 5.41) is 2.87. The van der Waals surface area contributed by atoms with Gasteiger partial charge in [0.1, 0.15) is 0 Å². The number of carbonyl (C=O) groups is 1. The maximum atomic E-state index is 13.3. The minimum atomic E-state index is -3.74. The topological polar surface area (TPSA) is 84.9 Å². The third kappa shape index (κ3) is 5.20. The Morgan fingerprint density at radius 2 is 1.53 bits per heavy atom. The second-order valence-corrected chi connectivity index (χ2v) is 9.16. The number of nitrogens with one attached hydrogen (secondary N) is 1. The molecule has 1 amide bonds. The quantitative estimate of drug-likeness (QED) is 0.551. The fourth-order valence-corrected chi connectivity index (χ4v) is 4.18. The van der Waals surface area contributed by atoms with Crippen molar-refractivity contribution in [3.05, 3.63) is 83.4 Å². The minimum absolute atomic E-state index is 0.0554. The van der Waals surface area contributed by atoms with Crippen LogP contribution in [-0.2, 0) is 16.6 Å². The van der Waals surface area contributed by atoms with Gasteiger partial charge in [-0.05, 0) is 30.2 Å². The molecular weight excluding hydrogens is 428 g/mol. The Hall–Kier alpha value is -3.52. The molecule has 0 heterocycles. The van der Waals surface area contributed by atoms with Crippen molar-refractivity contribution in [2.45, 2.75) is 13.5 Å². The first-order chi connectivity index (χ1) is 15.2. The smallest absolute Gasteiger partial charge is 0.257 e. The molecule has 0 atom stereocenters. The van der Waals surface area contributed by atoms with Crippen LogP contribution in [0, 0.1) is 6.92 Å². The average molecular weight is 455 g/mol. The molecule has 168 valence electrons. The van der Waals surface area contributed by atoms with E-state index in [4.69, 9.17) is 9.47 Å². The van der Waals surface area contributed by atoms with Gasteiger partial charge in [-0.2, -0.15) is 0 Å². The summed E-state index contributed by atoms with van der Waals surface area (Å²) in [6.07, 6.45) is 1.11. The predicted octanol–water partition coefficient (Wildman–Crippen LogP) is 4.23. The summed E-state index contributed by atoms with van der Waals surface area (Å²) >= 11 is 0. The molecule has 0 spiro atoms. The van der Waals surface area contributed by atoms with E-state index in [0.717, 1.165) is 17.4 Å². The van der Waals surface area contributed by atoms with Crippen LogP contribution >= 0.6 is 0 Å². The number of para-hydroxylation sites is 1. The molecule has 0 fully saturated rings. The number of anilines is 2. The number of rotatable bonds is 8. The molecule has 8 heteroatoms. The zero-order valence-corrected chi connectivity index (χ0v) is 19.3. The Kier molecular flexibility index (Phi) is 7.05. The number of methoxy groups -OCH3 is 2. The maximum Gasteiger partial charge on any atom is 0.257 e. The summed E-state index contributed by atoms with van der Waals surface area (Å²) in [7, 11) is -0.829. The van der Waals surface area contributed by atoms with Gasteiger partial charge in [0.25, 0.3) is 5.91 Å². The van der Waals surface area contributed by atoms with Crippen LogP contribution < -0.4 is 19.1 Å². The van der Waals surface area contributed by atoms with Crippen molar-refractivity contribution >= 4 is 27.3 Å². The van der Waals surface area contributed by atoms with Crippen LogP contribution in [0.5, 0.6) is 11.5 Å². The van der Waals surface area contributed by atoms with Crippen LogP contribution in [0.4, 0.5) is 11.4 Å². The van der Waals surface area contributed by atoms with Crippen LogP contribution in [0.3, 0.4) is 0 Å². The van der Waals surface area contributed by atoms with Crippen LogP contribution in [-0.4, -0.2) is 34.8 Å². The fourth-order valence-electron chi connectivity index (χ4n) is 3.29. The third-order valence-corrected chi connectivity index (χ3v) is 6.10. The van der Waals surface area contributed by atoms with Gasteiger partial charge in [-0.1, -0.05) is 48.5 Å². The second kappa shape index (κ2) is 9.74. The second-order valence-electron chi connectivity index (χ2n) is 7.25. The first-order valence-electron chi connectivity index (χ1n) is 9.89. The van der Waals surface area contributed by atoms with Gasteiger partial charge in [0.2, 0.25) is 10.0 Å². The lowest BCUT2D eigenvalue weighted by Crippen LogP contribution is -2.31. The summed E-state index contributed by atoms with van der Waals surface area (Å²) < 4.78 is 37.5. The molecule has 1 N–H and O–H groups in total. The molecule has 7 nitrogen and oxygen atoms in total. The van der Waals surface area contributed by atoms with Gasteiger partial charge in [0.05, 0.1) is 38.3 Å². The van der Waals surface area contributed by atoms with E-state index in [-0.39, 0.29) is 17.8 Å². The summed E-state index contributed by atoms with van der Waals surface area (Å²) in [6.45, 7) is 1.93. The zero-order chi connectivity index (χ0) is 23.3. The fraction of sp³-hybridized carbons (Fsp3) is 0.208. The summed E-state index contributed by atoms with van der Waals surface area (Å²) in [4.78, 5) is 13.3. The first kappa shape index (κ1) is 23.1. The van der Waals surface area contributed by atoms with Crippen molar-refractivity contribution in [2.24, 2.45) is 0 Å². The molecule has 0 saturated carbocycles. The highest BCUT2D eigenvalue weighted by Crippen LogP contribution is 2.37. The normalized spacial score (nSPS) is 11.0. The number of hydrogen-bond acceptors (Lipinski definition) is 5. The Balaban J connectivity index is 2.15. The molecule has 3 aromatic carbocycles. The highest BCUT2D eigenvalue weighted by molar-refractivity contribution is 7.92. The number of carbonyl (C=O) groups excluding carboxylic acids is 1. The van der Waals surface area contributed by atoms with E-state index in [1.165, 1.54) is 30.7 Å². The SMILES string of the molecule is COc1cc(C(=O)Nc2ccccc2C)c(N(Cc2ccccc2)S(C)(=O)=O)cc1OC. The molecule has 0 bridgehead atoms. The molecule has 0 aliphatic heterocycles. The number of benzene rings is 3. The number of hydrogen-bond donors (Lipinski definition) is 1. The molecule has 0 saturated heterocycles. The Morgan fingerprint density at radius 3 is 2.12 bits per heavy atom. The van der Waals surface area contributed by atoms with Crippen molar-refractivity contribution in [2.75, 3.05) is 30.1 Å². The van der Waals surface area contributed by atoms with Crippen LogP contribution in [0.2, 0.25) is 0 Å². The standard InChI is InChI=1S/C24H26N2O5S/c1-17-10-8-9-13-20(17)25-24(27)19-14-22(30-2)23(31-3)15-21(19)26(32(4,28)29)16-18-11-6-5-7-12-18/h5-15H,16H2,1-4H3,(H,25,27). The molecule has 0 aliphatic carbocycles. The van der Waals surface area contributed by atoms with E-state index >= 15 is 0 Å². The summed E-state index contributed by atoms with van der Waals surface area (Å²) in [6, 6.07) is 19.5. The molecule has 3 aromatic rings. The number of sulfonamides is 1. The lowest BCUT2D eigenvalue weighted by molar-refractivity contribution is 0.102. The van der Waals surface area contributed by atoms with E-state index in [1.54, 1.807) is 6.07 Å². The number of aryl methyl sites for hydroxylation is 1. The number of ether oxygens (including phenoxy) is 2. The van der Waals surface area contributed by atoms with Gasteiger partial charge in [-0.15, -0.1) is 0 Å². The van der Waals surface area contributed by atoms with E-state index in [2.05, 4.69) is 5.32 Å². The number of nitrogens with zero attached hydrogens (tertiary/aromatic N) is 1. The van der Waals surface area contributed by atoms with Gasteiger partial charge < -0.3 is 14.8 Å². The Morgan fingerprint density at radius 1 is 0.938 bits per heavy atom. The molecular formula is C24H26N2O5S. The highest BCUT2D eigenvalue weighted by atomic mass is 32.2. The third-order valence-electron chi connectivity index (χ3n) is 4.98. The van der Waals surface area contributed by atoms with Crippen molar-refractivity contribution in [1.82, 2.24) is 0 Å². The van der Waals surface area contributed by atoms with Gasteiger partial charge >= 0.3 is 0 Å². The van der Waals surface area contributed by atoms with Crippen molar-refractivity contribution < 1.29 is 22.7 Å². The molecule has 0 aromatic heterocycles. The molecule has 32 heavy (non-hydrogen) atoms. The minimum Gasteiger partial charge on any atom is -0.493 e. The largest absolute Gasteiger partial charge is 0.493 e. The average Bonchev–Trinajstić information content (AvgIpc) is 2.78. The molecule has 0 aliphatic rings. The maximum absolute atomic E-state index is 13.3. The Bertz CT molecular complexity index is 1210. The number of amides is 1. The van der Waals surface area contributed by atoms with Crippen molar-refractivity contribution in [1.29, 1.82) is 0 Å². The molecule has 0 unspecified atom stereocenters. The van der Waals surface area contributed by atoms with Gasteiger partial charge in [-0.3, -0.25) is 9.10 Å². The van der Waals surface area contributed by atoms with Gasteiger partial charge in [-0.25, -0.2) is 8.42 Å². The van der Waals surface area contributed by atoms with Crippen LogP contribution in [0.15, 0.2) is 66.7 Å². The summed E-state index contributed by atoms with van der Waals surface area (Å²) in [5.74, 6) is 0.174. The lowest BCUT2D eigenvalue weighted by atomic mass is 10.1.